The van der Waals surface area contributed by atoms with Crippen LogP contribution >= 0.6 is 31.9 Å². The maximum absolute atomic E-state index is 11.1. The monoisotopic (exact) mass is 344 g/mol. The second-order valence-corrected chi connectivity index (χ2v) is 4.93. The molecule has 0 unspecified atom stereocenters. The van der Waals surface area contributed by atoms with E-state index in [1.807, 2.05) is 0 Å². The third-order valence-electron chi connectivity index (χ3n) is 2.05. The summed E-state index contributed by atoms with van der Waals surface area (Å²) in [5.41, 5.74) is 5.49. The number of hydrogen-bond acceptors (Lipinski definition) is 3. The molecule has 0 aliphatic heterocycles. The largest absolute Gasteiger partial charge is 0.437 e. The molecule has 1 aromatic carbocycles. The zero-order valence-corrected chi connectivity index (χ0v) is 11.1. The van der Waals surface area contributed by atoms with Crippen molar-refractivity contribution in [2.75, 3.05) is 0 Å². The van der Waals surface area contributed by atoms with Crippen LogP contribution in [0.5, 0.6) is 0 Å². The van der Waals surface area contributed by atoms with Crippen LogP contribution in [0.2, 0.25) is 0 Å². The lowest BCUT2D eigenvalue weighted by molar-refractivity contribution is 0.0996. The number of fused-ring (bicyclic) bond motifs is 1. The van der Waals surface area contributed by atoms with Crippen molar-refractivity contribution in [2.45, 2.75) is 0 Å². The Morgan fingerprint density at radius 3 is 2.62 bits per heavy atom. The van der Waals surface area contributed by atoms with Gasteiger partial charge in [0.1, 0.15) is 5.56 Å². The fourth-order valence-corrected chi connectivity index (χ4v) is 2.70. The summed E-state index contributed by atoms with van der Waals surface area (Å²) in [6, 6.07) is 5.13. The van der Waals surface area contributed by atoms with E-state index in [9.17, 15) is 4.79 Å². The Hall–Kier alpha value is -1.14. The van der Waals surface area contributed by atoms with Gasteiger partial charge in [0, 0.05) is 9.86 Å². The van der Waals surface area contributed by atoms with E-state index in [1.165, 1.54) is 0 Å². The molecular weight excluding hydrogens is 340 g/mol. The van der Waals surface area contributed by atoms with Gasteiger partial charge in [-0.2, -0.15) is 0 Å². The number of carbonyl (C=O) groups is 1. The van der Waals surface area contributed by atoms with Gasteiger partial charge < -0.3 is 10.2 Å². The van der Waals surface area contributed by atoms with Crippen molar-refractivity contribution in [3.8, 4) is 0 Å². The molecule has 0 saturated carbocycles. The molecule has 0 radical (unpaired) electrons. The molecule has 0 bridgehead atoms. The smallest absolute Gasteiger partial charge is 0.254 e. The van der Waals surface area contributed by atoms with E-state index in [0.29, 0.717) is 15.4 Å². The number of halogens is 2. The SMILES string of the molecule is N=c1oc2c(Br)cc(Br)cc2cc1C(N)=O. The van der Waals surface area contributed by atoms with Gasteiger partial charge in [-0.25, -0.2) is 0 Å². The molecule has 0 fully saturated rings. The summed E-state index contributed by atoms with van der Waals surface area (Å²) in [6.07, 6.45) is 0. The van der Waals surface area contributed by atoms with Crippen LogP contribution in [0, 0.1) is 5.41 Å². The molecule has 1 heterocycles. The standard InChI is InChI=1S/C10H6Br2N2O2/c11-5-1-4-2-6(9(13)15)10(14)16-8(4)7(12)3-5/h1-3,14H,(H2,13,15). The van der Waals surface area contributed by atoms with E-state index < -0.39 is 5.91 Å². The Morgan fingerprint density at radius 1 is 1.31 bits per heavy atom. The fraction of sp³-hybridized carbons (Fsp3) is 0. The average molecular weight is 346 g/mol. The first-order chi connectivity index (χ1) is 7.49. The molecule has 6 heteroatoms. The van der Waals surface area contributed by atoms with E-state index in [0.717, 1.165) is 4.47 Å². The minimum atomic E-state index is -0.674. The van der Waals surface area contributed by atoms with Crippen LogP contribution in [0.4, 0.5) is 0 Å². The van der Waals surface area contributed by atoms with E-state index >= 15 is 0 Å². The Labute approximate surface area is 107 Å². The number of amides is 1. The predicted octanol–water partition coefficient (Wildman–Crippen LogP) is 2.54. The second kappa shape index (κ2) is 4.03. The first-order valence-electron chi connectivity index (χ1n) is 4.26. The summed E-state index contributed by atoms with van der Waals surface area (Å²) in [7, 11) is 0. The maximum atomic E-state index is 11.1. The summed E-state index contributed by atoms with van der Waals surface area (Å²) >= 11 is 6.65. The Bertz CT molecular complexity index is 649. The highest BCUT2D eigenvalue weighted by Crippen LogP contribution is 2.27. The predicted molar refractivity (Wildman–Crippen MR) is 66.0 cm³/mol. The summed E-state index contributed by atoms with van der Waals surface area (Å²) in [5.74, 6) is -0.674. The molecule has 3 N–H and O–H groups in total. The lowest BCUT2D eigenvalue weighted by atomic mass is 10.2. The van der Waals surface area contributed by atoms with E-state index in [4.69, 9.17) is 15.6 Å². The number of nitrogens with two attached hydrogens (primary N) is 1. The van der Waals surface area contributed by atoms with Gasteiger partial charge in [-0.3, -0.25) is 10.2 Å². The minimum Gasteiger partial charge on any atom is -0.437 e. The molecule has 0 aliphatic carbocycles. The van der Waals surface area contributed by atoms with E-state index in [-0.39, 0.29) is 11.1 Å². The first-order valence-corrected chi connectivity index (χ1v) is 5.85. The summed E-state index contributed by atoms with van der Waals surface area (Å²) in [4.78, 5) is 11.1. The van der Waals surface area contributed by atoms with Crippen LogP contribution in [0.25, 0.3) is 11.0 Å². The highest BCUT2D eigenvalue weighted by Gasteiger charge is 2.10. The highest BCUT2D eigenvalue weighted by molar-refractivity contribution is 9.11. The minimum absolute atomic E-state index is 0.0671. The van der Waals surface area contributed by atoms with Crippen LogP contribution in [-0.4, -0.2) is 5.91 Å². The van der Waals surface area contributed by atoms with Gasteiger partial charge in [-0.1, -0.05) is 15.9 Å². The van der Waals surface area contributed by atoms with E-state index in [2.05, 4.69) is 31.9 Å². The molecule has 2 aromatic rings. The van der Waals surface area contributed by atoms with Gasteiger partial charge in [0.25, 0.3) is 5.91 Å². The molecule has 1 amide bonds. The third-order valence-corrected chi connectivity index (χ3v) is 3.10. The summed E-state index contributed by atoms with van der Waals surface area (Å²) in [6.45, 7) is 0. The van der Waals surface area contributed by atoms with Crippen molar-refractivity contribution in [1.29, 1.82) is 5.41 Å². The summed E-state index contributed by atoms with van der Waals surface area (Å²) < 4.78 is 6.79. The van der Waals surface area contributed by atoms with Crippen LogP contribution in [0.3, 0.4) is 0 Å². The van der Waals surface area contributed by atoms with Crippen LogP contribution in [0.15, 0.2) is 31.6 Å². The van der Waals surface area contributed by atoms with Crippen molar-refractivity contribution < 1.29 is 9.21 Å². The number of hydrogen-bond donors (Lipinski definition) is 2. The summed E-state index contributed by atoms with van der Waals surface area (Å²) in [5, 5.41) is 8.23. The van der Waals surface area contributed by atoms with E-state index in [1.54, 1.807) is 18.2 Å². The lowest BCUT2D eigenvalue weighted by Gasteiger charge is -2.03. The maximum Gasteiger partial charge on any atom is 0.254 e. The van der Waals surface area contributed by atoms with Crippen LogP contribution in [-0.2, 0) is 0 Å². The van der Waals surface area contributed by atoms with Crippen molar-refractivity contribution >= 4 is 48.7 Å². The molecule has 0 atom stereocenters. The van der Waals surface area contributed by atoms with Crippen molar-refractivity contribution in [1.82, 2.24) is 0 Å². The van der Waals surface area contributed by atoms with Gasteiger partial charge in [-0.15, -0.1) is 0 Å². The quantitative estimate of drug-likeness (QED) is 0.832. The molecule has 0 spiro atoms. The second-order valence-electron chi connectivity index (χ2n) is 3.16. The number of nitrogens with one attached hydrogen (secondary N) is 1. The van der Waals surface area contributed by atoms with Gasteiger partial charge in [0.15, 0.2) is 5.58 Å². The fourth-order valence-electron chi connectivity index (χ4n) is 1.36. The average Bonchev–Trinajstić information content (AvgIpc) is 2.18. The van der Waals surface area contributed by atoms with Gasteiger partial charge in [0.2, 0.25) is 5.55 Å². The normalized spacial score (nSPS) is 10.6. The van der Waals surface area contributed by atoms with Crippen molar-refractivity contribution in [3.63, 3.8) is 0 Å². The zero-order valence-electron chi connectivity index (χ0n) is 7.88. The van der Waals surface area contributed by atoms with Gasteiger partial charge in [-0.05, 0) is 34.1 Å². The lowest BCUT2D eigenvalue weighted by Crippen LogP contribution is -2.20. The number of benzene rings is 1. The van der Waals surface area contributed by atoms with Crippen molar-refractivity contribution in [2.24, 2.45) is 5.73 Å². The molecule has 16 heavy (non-hydrogen) atoms. The molecule has 82 valence electrons. The Balaban J connectivity index is 2.90. The number of rotatable bonds is 1. The van der Waals surface area contributed by atoms with Crippen LogP contribution < -0.4 is 11.3 Å². The Morgan fingerprint density at radius 2 is 2.00 bits per heavy atom. The van der Waals surface area contributed by atoms with Gasteiger partial charge >= 0.3 is 0 Å². The van der Waals surface area contributed by atoms with Crippen molar-refractivity contribution in [3.05, 3.63) is 38.3 Å². The molecule has 0 aliphatic rings. The van der Waals surface area contributed by atoms with Gasteiger partial charge in [0.05, 0.1) is 4.47 Å². The molecule has 1 aromatic heterocycles. The zero-order chi connectivity index (χ0) is 11.9. The Kier molecular flexibility index (Phi) is 2.86. The topological polar surface area (TPSA) is 80.1 Å². The molecular formula is C10H6Br2N2O2. The third kappa shape index (κ3) is 1.90. The first kappa shape index (κ1) is 11.3. The molecule has 0 saturated heterocycles. The van der Waals surface area contributed by atoms with Crippen LogP contribution in [0.1, 0.15) is 10.4 Å². The molecule has 4 nitrogen and oxygen atoms in total. The number of carbonyl (C=O) groups excluding carboxylic acids is 1. The number of primary amides is 1. The highest BCUT2D eigenvalue weighted by atomic mass is 79.9. The molecule has 2 rings (SSSR count).